The quantitative estimate of drug-likeness (QED) is 0.854. The Kier molecular flexibility index (Phi) is 3.38. The third-order valence-corrected chi connectivity index (χ3v) is 3.86. The number of ether oxygens (including phenoxy) is 1. The minimum atomic E-state index is -0.0416. The lowest BCUT2D eigenvalue weighted by atomic mass is 10.1. The van der Waals surface area contributed by atoms with Gasteiger partial charge in [0, 0.05) is 24.7 Å². The van der Waals surface area contributed by atoms with Crippen LogP contribution in [0.2, 0.25) is 0 Å². The molecule has 0 amide bonds. The summed E-state index contributed by atoms with van der Waals surface area (Å²) in [7, 11) is 0. The highest BCUT2D eigenvalue weighted by Crippen LogP contribution is 2.22. The third-order valence-electron chi connectivity index (χ3n) is 2.76. The van der Waals surface area contributed by atoms with Gasteiger partial charge in [-0.15, -0.1) is 11.3 Å². The highest BCUT2D eigenvalue weighted by molar-refractivity contribution is 7.09. The Morgan fingerprint density at radius 1 is 1.67 bits per heavy atom. The minimum Gasteiger partial charge on any atom is -0.377 e. The van der Waals surface area contributed by atoms with Crippen molar-refractivity contribution in [1.29, 1.82) is 0 Å². The summed E-state index contributed by atoms with van der Waals surface area (Å²) < 4.78 is 5.59. The van der Waals surface area contributed by atoms with Gasteiger partial charge in [-0.2, -0.15) is 0 Å². The molecule has 1 fully saturated rings. The second-order valence-corrected chi connectivity index (χ2v) is 5.37. The molecule has 1 aromatic heterocycles. The highest BCUT2D eigenvalue weighted by Gasteiger charge is 2.25. The number of hydrogen-bond donors (Lipinski definition) is 1. The number of thiazole rings is 1. The van der Waals surface area contributed by atoms with Crippen molar-refractivity contribution >= 4 is 11.3 Å². The molecule has 3 nitrogen and oxygen atoms in total. The third kappa shape index (κ3) is 2.77. The van der Waals surface area contributed by atoms with E-state index in [9.17, 15) is 0 Å². The van der Waals surface area contributed by atoms with Crippen molar-refractivity contribution < 1.29 is 4.74 Å². The van der Waals surface area contributed by atoms with Crippen molar-refractivity contribution in [3.05, 3.63) is 16.6 Å². The van der Waals surface area contributed by atoms with Crippen LogP contribution in [0.3, 0.4) is 0 Å². The fraction of sp³-hybridized carbons (Fsp3) is 0.727. The van der Waals surface area contributed by atoms with Gasteiger partial charge in [0.1, 0.15) is 5.01 Å². The van der Waals surface area contributed by atoms with Crippen LogP contribution in [0, 0.1) is 0 Å². The van der Waals surface area contributed by atoms with Crippen molar-refractivity contribution in [2.45, 2.75) is 38.3 Å². The molecular formula is C11H18N2OS. The van der Waals surface area contributed by atoms with E-state index in [-0.39, 0.29) is 5.54 Å². The largest absolute Gasteiger partial charge is 0.377 e. The Bertz CT molecular complexity index is 292. The summed E-state index contributed by atoms with van der Waals surface area (Å²) in [5.74, 6) is 0. The van der Waals surface area contributed by atoms with Gasteiger partial charge < -0.3 is 10.1 Å². The molecule has 84 valence electrons. The predicted octanol–water partition coefficient (Wildman–Crippen LogP) is 2.15. The first-order chi connectivity index (χ1) is 7.18. The van der Waals surface area contributed by atoms with Crippen LogP contribution in [0.4, 0.5) is 0 Å². The van der Waals surface area contributed by atoms with Crippen LogP contribution in [0.1, 0.15) is 31.7 Å². The van der Waals surface area contributed by atoms with Gasteiger partial charge in [-0.1, -0.05) is 0 Å². The number of hydrogen-bond acceptors (Lipinski definition) is 4. The van der Waals surface area contributed by atoms with E-state index < -0.39 is 0 Å². The Hall–Kier alpha value is -0.450. The molecule has 0 spiro atoms. The van der Waals surface area contributed by atoms with Gasteiger partial charge in [-0.25, -0.2) is 4.98 Å². The van der Waals surface area contributed by atoms with E-state index in [4.69, 9.17) is 4.74 Å². The van der Waals surface area contributed by atoms with Crippen LogP contribution in [-0.2, 0) is 10.3 Å². The molecule has 1 unspecified atom stereocenters. The molecule has 1 aliphatic heterocycles. The van der Waals surface area contributed by atoms with Gasteiger partial charge in [0.25, 0.3) is 0 Å². The second kappa shape index (κ2) is 4.60. The molecule has 2 rings (SSSR count). The molecule has 0 radical (unpaired) electrons. The first-order valence-corrected chi connectivity index (χ1v) is 6.33. The molecule has 0 aromatic carbocycles. The van der Waals surface area contributed by atoms with Crippen molar-refractivity contribution in [2.75, 3.05) is 13.2 Å². The zero-order chi connectivity index (χ0) is 10.7. The maximum Gasteiger partial charge on any atom is 0.112 e. The zero-order valence-electron chi connectivity index (χ0n) is 9.32. The highest BCUT2D eigenvalue weighted by atomic mass is 32.1. The van der Waals surface area contributed by atoms with Crippen molar-refractivity contribution in [2.24, 2.45) is 0 Å². The summed E-state index contributed by atoms with van der Waals surface area (Å²) in [5, 5.41) is 6.68. The summed E-state index contributed by atoms with van der Waals surface area (Å²) in [6, 6.07) is 0. The molecule has 1 aliphatic rings. The molecule has 0 bridgehead atoms. The molecule has 1 aromatic rings. The molecule has 1 atom stereocenters. The zero-order valence-corrected chi connectivity index (χ0v) is 10.1. The van der Waals surface area contributed by atoms with Crippen LogP contribution < -0.4 is 5.32 Å². The van der Waals surface area contributed by atoms with Gasteiger partial charge in [-0.05, 0) is 26.7 Å². The summed E-state index contributed by atoms with van der Waals surface area (Å²) in [5.41, 5.74) is -0.0416. The van der Waals surface area contributed by atoms with E-state index in [1.54, 1.807) is 11.3 Å². The monoisotopic (exact) mass is 226 g/mol. The topological polar surface area (TPSA) is 34.1 Å². The lowest BCUT2D eigenvalue weighted by Gasteiger charge is -2.25. The van der Waals surface area contributed by atoms with E-state index in [0.717, 1.165) is 18.2 Å². The van der Waals surface area contributed by atoms with Crippen molar-refractivity contribution in [3.63, 3.8) is 0 Å². The van der Waals surface area contributed by atoms with Gasteiger partial charge in [0.2, 0.25) is 0 Å². The lowest BCUT2D eigenvalue weighted by molar-refractivity contribution is 0.103. The van der Waals surface area contributed by atoms with Crippen LogP contribution in [0.25, 0.3) is 0 Å². The fourth-order valence-corrected chi connectivity index (χ4v) is 2.52. The van der Waals surface area contributed by atoms with Crippen molar-refractivity contribution in [3.8, 4) is 0 Å². The van der Waals surface area contributed by atoms with E-state index in [2.05, 4.69) is 24.1 Å². The van der Waals surface area contributed by atoms with E-state index in [1.807, 2.05) is 11.6 Å². The summed E-state index contributed by atoms with van der Waals surface area (Å²) >= 11 is 1.70. The van der Waals surface area contributed by atoms with Gasteiger partial charge in [0.15, 0.2) is 0 Å². The van der Waals surface area contributed by atoms with Gasteiger partial charge in [-0.3, -0.25) is 0 Å². The summed E-state index contributed by atoms with van der Waals surface area (Å²) in [6.07, 6.45) is 4.63. The summed E-state index contributed by atoms with van der Waals surface area (Å²) in [6.45, 7) is 6.18. The van der Waals surface area contributed by atoms with E-state index in [0.29, 0.717) is 6.10 Å². The Morgan fingerprint density at radius 3 is 3.13 bits per heavy atom. The predicted molar refractivity (Wildman–Crippen MR) is 62.1 cm³/mol. The van der Waals surface area contributed by atoms with Crippen LogP contribution in [-0.4, -0.2) is 24.2 Å². The number of nitrogens with one attached hydrogen (secondary N) is 1. The standard InChI is InChI=1S/C11H18N2OS/c1-11(2,10-12-5-7-15-10)13-8-9-4-3-6-14-9/h5,7,9,13H,3-4,6,8H2,1-2H3. The first kappa shape index (κ1) is 11.0. The SMILES string of the molecule is CC(C)(NCC1CCCO1)c1nccs1. The van der Waals surface area contributed by atoms with Crippen LogP contribution >= 0.6 is 11.3 Å². The molecule has 1 saturated heterocycles. The van der Waals surface area contributed by atoms with Crippen LogP contribution in [0.15, 0.2) is 11.6 Å². The molecule has 0 aliphatic carbocycles. The Balaban J connectivity index is 1.87. The number of rotatable bonds is 4. The average Bonchev–Trinajstić information content (AvgIpc) is 2.88. The van der Waals surface area contributed by atoms with Crippen molar-refractivity contribution in [1.82, 2.24) is 10.3 Å². The molecule has 4 heteroatoms. The Labute approximate surface area is 94.9 Å². The fourth-order valence-electron chi connectivity index (χ4n) is 1.78. The smallest absolute Gasteiger partial charge is 0.112 e. The maximum absolute atomic E-state index is 5.59. The van der Waals surface area contributed by atoms with Gasteiger partial charge >= 0.3 is 0 Å². The molecule has 1 N–H and O–H groups in total. The molecule has 15 heavy (non-hydrogen) atoms. The van der Waals surface area contributed by atoms with Gasteiger partial charge in [0.05, 0.1) is 11.6 Å². The average molecular weight is 226 g/mol. The normalized spacial score (nSPS) is 22.1. The molecular weight excluding hydrogens is 208 g/mol. The maximum atomic E-state index is 5.59. The molecule has 2 heterocycles. The van der Waals surface area contributed by atoms with Crippen LogP contribution in [0.5, 0.6) is 0 Å². The van der Waals surface area contributed by atoms with E-state index >= 15 is 0 Å². The molecule has 0 saturated carbocycles. The second-order valence-electron chi connectivity index (χ2n) is 4.48. The number of nitrogens with zero attached hydrogens (tertiary/aromatic N) is 1. The number of aromatic nitrogens is 1. The first-order valence-electron chi connectivity index (χ1n) is 5.45. The summed E-state index contributed by atoms with van der Waals surface area (Å²) in [4.78, 5) is 4.35. The Morgan fingerprint density at radius 2 is 2.53 bits per heavy atom. The minimum absolute atomic E-state index is 0.0416. The van der Waals surface area contributed by atoms with E-state index in [1.165, 1.54) is 12.8 Å². The lowest BCUT2D eigenvalue weighted by Crippen LogP contribution is -2.40.